The molecular weight excluding hydrogens is 489 g/mol. The Morgan fingerprint density at radius 2 is 1.79 bits per heavy atom. The minimum absolute atomic E-state index is 0.258. The molecule has 0 fully saturated rings. The number of halogens is 1. The average molecular weight is 514 g/mol. The van der Waals surface area contributed by atoms with E-state index in [-0.39, 0.29) is 11.4 Å². The number of rotatable bonds is 6. The first-order chi connectivity index (χ1) is 18.5. The van der Waals surface area contributed by atoms with Crippen molar-refractivity contribution in [2.45, 2.75) is 19.9 Å². The van der Waals surface area contributed by atoms with Crippen LogP contribution in [-0.2, 0) is 13.0 Å². The number of fused-ring (bicyclic) bond motifs is 4. The van der Waals surface area contributed by atoms with E-state index in [0.29, 0.717) is 71.8 Å². The van der Waals surface area contributed by atoms with Gasteiger partial charge in [-0.2, -0.15) is 0 Å². The summed E-state index contributed by atoms with van der Waals surface area (Å²) in [7, 11) is 0. The van der Waals surface area contributed by atoms with Crippen LogP contribution in [-0.4, -0.2) is 24.8 Å². The first kappa shape index (κ1) is 23.9. The summed E-state index contributed by atoms with van der Waals surface area (Å²) in [5.74, 6) is 0.845. The van der Waals surface area contributed by atoms with Crippen LogP contribution < -0.4 is 20.7 Å². The lowest BCUT2D eigenvalue weighted by molar-refractivity contribution is 0.0968. The molecule has 3 aromatic carbocycles. The Morgan fingerprint density at radius 1 is 0.947 bits per heavy atom. The molecule has 0 aliphatic carbocycles. The van der Waals surface area contributed by atoms with Gasteiger partial charge in [-0.3, -0.25) is 4.90 Å². The third kappa shape index (κ3) is 4.43. The predicted octanol–water partition coefficient (Wildman–Crippen LogP) is 5.50. The molecule has 5 aromatic rings. The molecule has 8 heteroatoms. The third-order valence-corrected chi connectivity index (χ3v) is 6.70. The minimum atomic E-state index is -0.577. The van der Waals surface area contributed by atoms with Gasteiger partial charge < -0.3 is 18.3 Å². The quantitative estimate of drug-likeness (QED) is 0.277. The van der Waals surface area contributed by atoms with Crippen LogP contribution >= 0.6 is 0 Å². The summed E-state index contributed by atoms with van der Waals surface area (Å²) in [6.45, 7) is 3.82. The molecule has 1 aliphatic heterocycles. The lowest BCUT2D eigenvalue weighted by Gasteiger charge is -2.29. The van der Waals surface area contributed by atoms with Gasteiger partial charge in [0.25, 0.3) is 0 Å². The second-order valence-corrected chi connectivity index (χ2v) is 9.16. The van der Waals surface area contributed by atoms with Gasteiger partial charge in [0.15, 0.2) is 11.3 Å². The van der Waals surface area contributed by atoms with Crippen molar-refractivity contribution < 1.29 is 22.7 Å². The van der Waals surface area contributed by atoms with Crippen molar-refractivity contribution in [3.63, 3.8) is 0 Å². The molecule has 0 saturated heterocycles. The normalized spacial score (nSPS) is 13.4. The first-order valence-corrected chi connectivity index (χ1v) is 12.4. The van der Waals surface area contributed by atoms with Crippen LogP contribution in [0.25, 0.3) is 33.1 Å². The predicted molar refractivity (Wildman–Crippen MR) is 141 cm³/mol. The van der Waals surface area contributed by atoms with Crippen molar-refractivity contribution in [2.24, 2.45) is 0 Å². The highest BCUT2D eigenvalue weighted by molar-refractivity contribution is 5.97. The van der Waals surface area contributed by atoms with Gasteiger partial charge in [0.1, 0.15) is 23.9 Å². The number of benzene rings is 3. The summed E-state index contributed by atoms with van der Waals surface area (Å²) >= 11 is 0. The smallest absolute Gasteiger partial charge is 0.344 e. The van der Waals surface area contributed by atoms with Crippen molar-refractivity contribution in [3.8, 4) is 22.6 Å². The fourth-order valence-corrected chi connectivity index (χ4v) is 4.86. The Labute approximate surface area is 216 Å². The Morgan fingerprint density at radius 3 is 2.61 bits per heavy atom. The Hall–Kier alpha value is -4.43. The summed E-state index contributed by atoms with van der Waals surface area (Å²) in [6.07, 6.45) is 0.709. The van der Waals surface area contributed by atoms with Crippen molar-refractivity contribution in [1.82, 2.24) is 4.90 Å². The van der Waals surface area contributed by atoms with E-state index < -0.39 is 11.3 Å². The monoisotopic (exact) mass is 513 g/mol. The summed E-state index contributed by atoms with van der Waals surface area (Å²) in [6, 6.07) is 18.5. The maximum atomic E-state index is 13.2. The molecule has 0 N–H and O–H groups in total. The zero-order chi connectivity index (χ0) is 26.2. The Kier molecular flexibility index (Phi) is 6.17. The van der Waals surface area contributed by atoms with Crippen molar-refractivity contribution in [3.05, 3.63) is 105 Å². The Balaban J connectivity index is 1.39. The van der Waals surface area contributed by atoms with E-state index in [1.165, 1.54) is 18.2 Å². The van der Waals surface area contributed by atoms with E-state index in [4.69, 9.17) is 18.3 Å². The maximum absolute atomic E-state index is 13.2. The molecule has 3 heterocycles. The molecule has 0 bridgehead atoms. The molecule has 2 aromatic heterocycles. The highest BCUT2D eigenvalue weighted by Gasteiger charge is 2.24. The molecule has 7 nitrogen and oxygen atoms in total. The van der Waals surface area contributed by atoms with Crippen molar-refractivity contribution in [2.75, 3.05) is 19.9 Å². The van der Waals surface area contributed by atoms with Crippen LogP contribution in [0.4, 0.5) is 4.39 Å². The number of nitrogens with zero attached hydrogens (tertiary/aromatic N) is 1. The van der Waals surface area contributed by atoms with E-state index >= 15 is 0 Å². The molecule has 0 unspecified atom stereocenters. The number of hydrogen-bond donors (Lipinski definition) is 0. The van der Waals surface area contributed by atoms with Crippen LogP contribution in [0.15, 0.2) is 85.2 Å². The third-order valence-electron chi connectivity index (χ3n) is 6.70. The molecule has 0 spiro atoms. The van der Waals surface area contributed by atoms with Crippen LogP contribution in [0.5, 0.6) is 11.5 Å². The van der Waals surface area contributed by atoms with E-state index in [0.717, 1.165) is 11.1 Å². The van der Waals surface area contributed by atoms with Gasteiger partial charge in [-0.05, 0) is 55.3 Å². The molecular formula is C30H24FNO6. The van der Waals surface area contributed by atoms with Gasteiger partial charge in [-0.25, -0.2) is 14.0 Å². The van der Waals surface area contributed by atoms with Crippen LogP contribution in [0, 0.1) is 5.82 Å². The zero-order valence-corrected chi connectivity index (χ0v) is 20.7. The number of para-hydroxylation sites is 1. The molecule has 0 atom stereocenters. The lowest BCUT2D eigenvalue weighted by atomic mass is 9.99. The molecule has 1 aliphatic rings. The van der Waals surface area contributed by atoms with Gasteiger partial charge in [0, 0.05) is 35.5 Å². The average Bonchev–Trinajstić information content (AvgIpc) is 2.92. The van der Waals surface area contributed by atoms with E-state index in [1.807, 2.05) is 25.1 Å². The van der Waals surface area contributed by atoms with Gasteiger partial charge >= 0.3 is 11.3 Å². The highest BCUT2D eigenvalue weighted by atomic mass is 19.1. The van der Waals surface area contributed by atoms with Gasteiger partial charge in [0.05, 0.1) is 17.7 Å². The summed E-state index contributed by atoms with van der Waals surface area (Å²) < 4.78 is 36.1. The Bertz CT molecular complexity index is 1770. The zero-order valence-electron chi connectivity index (χ0n) is 20.7. The second kappa shape index (κ2) is 9.79. The molecule has 6 rings (SSSR count). The fraction of sp³-hybridized carbons (Fsp3) is 0.200. The fourth-order valence-electron chi connectivity index (χ4n) is 4.86. The molecule has 0 radical (unpaired) electrons. The van der Waals surface area contributed by atoms with Gasteiger partial charge in [0.2, 0.25) is 0 Å². The topological polar surface area (TPSA) is 82.1 Å². The number of ether oxygens (including phenoxy) is 2. The first-order valence-electron chi connectivity index (χ1n) is 12.4. The van der Waals surface area contributed by atoms with Crippen LogP contribution in [0.1, 0.15) is 18.1 Å². The van der Waals surface area contributed by atoms with Gasteiger partial charge in [-0.1, -0.05) is 24.3 Å². The van der Waals surface area contributed by atoms with Crippen molar-refractivity contribution in [1.29, 1.82) is 0 Å². The van der Waals surface area contributed by atoms with Crippen LogP contribution in [0.3, 0.4) is 0 Å². The molecule has 38 heavy (non-hydrogen) atoms. The standard InChI is InChI=1S/C30H24FNO6/c1-2-35-26-5-3-4-19-14-23(30(34)38-28(19)26)22-15-27(33)37-29-21(22)10-11-25-24(29)16-32(17-36-25)13-12-18-6-8-20(31)9-7-18/h3-11,14-15H,2,12-13,16-17H2,1H3. The number of hydrogen-bond acceptors (Lipinski definition) is 7. The van der Waals surface area contributed by atoms with Gasteiger partial charge in [-0.15, -0.1) is 0 Å². The molecule has 192 valence electrons. The van der Waals surface area contributed by atoms with E-state index in [1.54, 1.807) is 30.3 Å². The largest absolute Gasteiger partial charge is 0.490 e. The van der Waals surface area contributed by atoms with Crippen molar-refractivity contribution >= 4 is 21.9 Å². The molecule has 0 amide bonds. The van der Waals surface area contributed by atoms with E-state index in [9.17, 15) is 14.0 Å². The SMILES string of the molecule is CCOc1cccc2cc(-c3cc(=O)oc4c5c(ccc34)OCN(CCc3ccc(F)cc3)C5)c(=O)oc12. The second-order valence-electron chi connectivity index (χ2n) is 9.16. The highest BCUT2D eigenvalue weighted by Crippen LogP contribution is 2.36. The summed E-state index contributed by atoms with van der Waals surface area (Å²) in [4.78, 5) is 27.9. The molecule has 0 saturated carbocycles. The lowest BCUT2D eigenvalue weighted by Crippen LogP contribution is -2.33. The summed E-state index contributed by atoms with van der Waals surface area (Å²) in [5.41, 5.74) is 2.01. The maximum Gasteiger partial charge on any atom is 0.344 e. The van der Waals surface area contributed by atoms with Crippen LogP contribution in [0.2, 0.25) is 0 Å². The summed E-state index contributed by atoms with van der Waals surface area (Å²) in [5, 5.41) is 1.29. The minimum Gasteiger partial charge on any atom is -0.490 e. The van der Waals surface area contributed by atoms with E-state index in [2.05, 4.69) is 4.90 Å².